The summed E-state index contributed by atoms with van der Waals surface area (Å²) in [5.41, 5.74) is 1.23. The normalized spacial score (nSPS) is 20.0. The highest BCUT2D eigenvalue weighted by atomic mass is 32.2. The van der Waals surface area contributed by atoms with Crippen molar-refractivity contribution in [3.05, 3.63) is 70.3 Å². The van der Waals surface area contributed by atoms with Crippen molar-refractivity contribution in [3.63, 3.8) is 0 Å². The Morgan fingerprint density at radius 2 is 1.48 bits per heavy atom. The van der Waals surface area contributed by atoms with Crippen LogP contribution in [0.15, 0.2) is 59.5 Å². The second kappa shape index (κ2) is 9.44. The predicted octanol–water partition coefficient (Wildman–Crippen LogP) is 2.57. The summed E-state index contributed by atoms with van der Waals surface area (Å²) in [6.45, 7) is 5.43. The van der Waals surface area contributed by atoms with Gasteiger partial charge in [0.25, 0.3) is 5.69 Å². The number of likely N-dealkylation sites (tertiary alicyclic amines) is 1. The quantitative estimate of drug-likeness (QED) is 0.503. The Hall–Kier alpha value is -2.33. The standard InChI is InChI=1S/C22H28N4O4S/c27-26(28)21-6-8-22(9-7-21)31(29,30)25-16-14-24(15-17-25)20-10-12-23(13-11-20)18-19-4-2-1-3-5-19/h1-9,20H,10-18H2. The lowest BCUT2D eigenvalue weighted by molar-refractivity contribution is -0.384. The molecule has 166 valence electrons. The lowest BCUT2D eigenvalue weighted by Gasteiger charge is -2.42. The number of hydrogen-bond acceptors (Lipinski definition) is 6. The third kappa shape index (κ3) is 5.12. The molecule has 8 nitrogen and oxygen atoms in total. The first-order valence-corrected chi connectivity index (χ1v) is 12.1. The van der Waals surface area contributed by atoms with E-state index in [1.165, 1.54) is 34.1 Å². The van der Waals surface area contributed by atoms with Gasteiger partial charge in [0.2, 0.25) is 10.0 Å². The molecule has 2 fully saturated rings. The van der Waals surface area contributed by atoms with Gasteiger partial charge in [0.15, 0.2) is 0 Å². The van der Waals surface area contributed by atoms with Crippen LogP contribution in [0.1, 0.15) is 18.4 Å². The second-order valence-electron chi connectivity index (χ2n) is 8.18. The highest BCUT2D eigenvalue weighted by Gasteiger charge is 2.32. The molecule has 0 spiro atoms. The lowest BCUT2D eigenvalue weighted by Crippen LogP contribution is -2.54. The van der Waals surface area contributed by atoms with Crippen LogP contribution in [0.3, 0.4) is 0 Å². The Labute approximate surface area is 183 Å². The summed E-state index contributed by atoms with van der Waals surface area (Å²) in [5.74, 6) is 0. The average molecular weight is 445 g/mol. The maximum Gasteiger partial charge on any atom is 0.269 e. The van der Waals surface area contributed by atoms with Crippen molar-refractivity contribution in [1.82, 2.24) is 14.1 Å². The van der Waals surface area contributed by atoms with Crippen molar-refractivity contribution < 1.29 is 13.3 Å². The highest BCUT2D eigenvalue weighted by molar-refractivity contribution is 7.89. The zero-order valence-corrected chi connectivity index (χ0v) is 18.3. The topological polar surface area (TPSA) is 87.0 Å². The molecular formula is C22H28N4O4S. The minimum absolute atomic E-state index is 0.109. The molecule has 0 radical (unpaired) electrons. The minimum Gasteiger partial charge on any atom is -0.299 e. The zero-order chi connectivity index (χ0) is 21.8. The molecule has 0 N–H and O–H groups in total. The number of nitro benzene ring substituents is 1. The van der Waals surface area contributed by atoms with Crippen LogP contribution in [0.25, 0.3) is 0 Å². The minimum atomic E-state index is -3.63. The Balaban J connectivity index is 1.28. The van der Waals surface area contributed by atoms with E-state index in [1.54, 1.807) is 0 Å². The maximum atomic E-state index is 12.9. The average Bonchev–Trinajstić information content (AvgIpc) is 2.80. The van der Waals surface area contributed by atoms with Crippen LogP contribution in [0.4, 0.5) is 5.69 Å². The van der Waals surface area contributed by atoms with Crippen LogP contribution in [0, 0.1) is 10.1 Å². The van der Waals surface area contributed by atoms with Gasteiger partial charge in [-0.25, -0.2) is 8.42 Å². The van der Waals surface area contributed by atoms with Gasteiger partial charge in [-0.15, -0.1) is 0 Å². The van der Waals surface area contributed by atoms with Gasteiger partial charge in [0, 0.05) is 50.9 Å². The van der Waals surface area contributed by atoms with Crippen molar-refractivity contribution in [1.29, 1.82) is 0 Å². The Morgan fingerprint density at radius 3 is 2.06 bits per heavy atom. The summed E-state index contributed by atoms with van der Waals surface area (Å²) >= 11 is 0. The molecule has 2 heterocycles. The third-order valence-electron chi connectivity index (χ3n) is 6.28. The third-order valence-corrected chi connectivity index (χ3v) is 8.19. The lowest BCUT2D eigenvalue weighted by atomic mass is 10.0. The summed E-state index contributed by atoms with van der Waals surface area (Å²) < 4.78 is 27.3. The Bertz CT molecular complexity index is 982. The van der Waals surface area contributed by atoms with Crippen LogP contribution in [0.2, 0.25) is 0 Å². The van der Waals surface area contributed by atoms with E-state index in [0.29, 0.717) is 19.1 Å². The monoisotopic (exact) mass is 444 g/mol. The van der Waals surface area contributed by atoms with Crippen molar-refractivity contribution in [2.45, 2.75) is 30.3 Å². The number of non-ortho nitro benzene ring substituents is 1. The van der Waals surface area contributed by atoms with E-state index in [4.69, 9.17) is 0 Å². The van der Waals surface area contributed by atoms with Crippen molar-refractivity contribution in [3.8, 4) is 0 Å². The molecule has 2 saturated heterocycles. The fourth-order valence-electron chi connectivity index (χ4n) is 4.48. The van der Waals surface area contributed by atoms with Gasteiger partial charge in [0.1, 0.15) is 0 Å². The van der Waals surface area contributed by atoms with E-state index in [9.17, 15) is 18.5 Å². The Kier molecular flexibility index (Phi) is 6.66. The van der Waals surface area contributed by atoms with E-state index < -0.39 is 14.9 Å². The van der Waals surface area contributed by atoms with Gasteiger partial charge in [-0.05, 0) is 43.6 Å². The molecule has 4 rings (SSSR count). The molecular weight excluding hydrogens is 416 g/mol. The Morgan fingerprint density at radius 1 is 0.871 bits per heavy atom. The second-order valence-corrected chi connectivity index (χ2v) is 10.1. The summed E-state index contributed by atoms with van der Waals surface area (Å²) in [5, 5.41) is 10.8. The molecule has 0 amide bonds. The van der Waals surface area contributed by atoms with Crippen LogP contribution in [0.5, 0.6) is 0 Å². The SMILES string of the molecule is O=[N+]([O-])c1ccc(S(=O)(=O)N2CCN(C3CCN(Cc4ccccc4)CC3)CC2)cc1. The van der Waals surface area contributed by atoms with E-state index in [2.05, 4.69) is 34.1 Å². The first-order valence-electron chi connectivity index (χ1n) is 10.7. The number of sulfonamides is 1. The molecule has 2 aromatic rings. The van der Waals surface area contributed by atoms with E-state index in [-0.39, 0.29) is 10.6 Å². The number of rotatable bonds is 6. The van der Waals surface area contributed by atoms with Gasteiger partial charge >= 0.3 is 0 Å². The number of nitro groups is 1. The number of piperazine rings is 1. The molecule has 2 aromatic carbocycles. The van der Waals surface area contributed by atoms with E-state index in [0.717, 1.165) is 45.6 Å². The first-order chi connectivity index (χ1) is 14.9. The van der Waals surface area contributed by atoms with Crippen LogP contribution in [-0.4, -0.2) is 72.8 Å². The van der Waals surface area contributed by atoms with E-state index in [1.807, 2.05) is 6.07 Å². The van der Waals surface area contributed by atoms with Crippen molar-refractivity contribution in [2.75, 3.05) is 39.3 Å². The van der Waals surface area contributed by atoms with E-state index >= 15 is 0 Å². The van der Waals surface area contributed by atoms with Crippen LogP contribution < -0.4 is 0 Å². The zero-order valence-electron chi connectivity index (χ0n) is 17.5. The molecule has 0 atom stereocenters. The molecule has 31 heavy (non-hydrogen) atoms. The number of piperidine rings is 1. The molecule has 0 aromatic heterocycles. The molecule has 2 aliphatic rings. The van der Waals surface area contributed by atoms with Crippen LogP contribution >= 0.6 is 0 Å². The van der Waals surface area contributed by atoms with Gasteiger partial charge in [0.05, 0.1) is 9.82 Å². The van der Waals surface area contributed by atoms with Crippen LogP contribution in [-0.2, 0) is 16.6 Å². The van der Waals surface area contributed by atoms with Crippen molar-refractivity contribution in [2.24, 2.45) is 0 Å². The largest absolute Gasteiger partial charge is 0.299 e. The van der Waals surface area contributed by atoms with Gasteiger partial charge in [-0.2, -0.15) is 4.31 Å². The smallest absolute Gasteiger partial charge is 0.269 e. The van der Waals surface area contributed by atoms with Gasteiger partial charge in [-0.1, -0.05) is 30.3 Å². The maximum absolute atomic E-state index is 12.9. The summed E-state index contributed by atoms with van der Waals surface area (Å²) in [6.07, 6.45) is 2.20. The number of nitrogens with zero attached hydrogens (tertiary/aromatic N) is 4. The first kappa shape index (κ1) is 21.9. The number of hydrogen-bond donors (Lipinski definition) is 0. The number of benzene rings is 2. The highest BCUT2D eigenvalue weighted by Crippen LogP contribution is 2.24. The fraction of sp³-hybridized carbons (Fsp3) is 0.455. The molecule has 0 saturated carbocycles. The fourth-order valence-corrected chi connectivity index (χ4v) is 5.90. The molecule has 0 aliphatic carbocycles. The van der Waals surface area contributed by atoms with Gasteiger partial charge < -0.3 is 0 Å². The molecule has 0 bridgehead atoms. The summed E-state index contributed by atoms with van der Waals surface area (Å²) in [6, 6.07) is 16.1. The predicted molar refractivity (Wildman–Crippen MR) is 118 cm³/mol. The summed E-state index contributed by atoms with van der Waals surface area (Å²) in [4.78, 5) is 15.3. The molecule has 9 heteroatoms. The van der Waals surface area contributed by atoms with Gasteiger partial charge in [-0.3, -0.25) is 19.9 Å². The van der Waals surface area contributed by atoms with Crippen molar-refractivity contribution >= 4 is 15.7 Å². The summed E-state index contributed by atoms with van der Waals surface area (Å²) in [7, 11) is -3.63. The molecule has 2 aliphatic heterocycles. The molecule has 0 unspecified atom stereocenters.